The lowest BCUT2D eigenvalue weighted by atomic mass is 9.81. The van der Waals surface area contributed by atoms with Gasteiger partial charge in [-0.1, -0.05) is 110 Å². The minimum atomic E-state index is -0.00304. The molecule has 1 heterocycles. The second-order valence-corrected chi connectivity index (χ2v) is 7.86. The normalized spacial score (nSPS) is 16.2. The van der Waals surface area contributed by atoms with Crippen molar-refractivity contribution in [1.82, 2.24) is 0 Å². The first kappa shape index (κ1) is 24.8. The smallest absolute Gasteiger partial charge is 0.0454 e. The van der Waals surface area contributed by atoms with Crippen LogP contribution in [0.2, 0.25) is 0 Å². The third-order valence-electron chi connectivity index (χ3n) is 5.11. The Kier molecular flexibility index (Phi) is 9.95. The first-order valence-electron chi connectivity index (χ1n) is 11.2. The van der Waals surface area contributed by atoms with Crippen molar-refractivity contribution in [3.63, 3.8) is 0 Å². The first-order valence-corrected chi connectivity index (χ1v) is 11.2. The molecule has 158 valence electrons. The average molecular weight is 392 g/mol. The van der Waals surface area contributed by atoms with Crippen molar-refractivity contribution in [3.8, 4) is 0 Å². The van der Waals surface area contributed by atoms with Crippen molar-refractivity contribution < 1.29 is 0 Å². The molecule has 0 radical (unpaired) electrons. The molecule has 0 aliphatic carbocycles. The Morgan fingerprint density at radius 2 is 1.55 bits per heavy atom. The summed E-state index contributed by atoms with van der Waals surface area (Å²) in [6.45, 7) is 17.1. The van der Waals surface area contributed by atoms with E-state index >= 15 is 0 Å². The van der Waals surface area contributed by atoms with E-state index in [1.54, 1.807) is 0 Å². The minimum Gasteiger partial charge on any atom is -0.347 e. The quantitative estimate of drug-likeness (QED) is 0.471. The summed E-state index contributed by atoms with van der Waals surface area (Å²) in [6, 6.07) is 13.2. The van der Waals surface area contributed by atoms with Crippen molar-refractivity contribution in [2.45, 2.75) is 67.2 Å². The highest BCUT2D eigenvalue weighted by molar-refractivity contribution is 5.94. The molecule has 2 aromatic rings. The average Bonchev–Trinajstić information content (AvgIpc) is 2.93. The number of likely N-dealkylation sites (N-methyl/N-ethyl adjacent to an activating group) is 1. The standard InChI is InChI=1S/C24H29N.2C2H6/c1-18(2)12-8-6-7-9-15-22-24(3,4)23-20-14-11-10-13-19(20)16-17-21(23)25(22)5;2*1-2/h6-11,13-18H,12H2,1-5H3;2*1-2H3/b8-6+,9-7+,22-15+;;. The molecular formula is C28H41N. The van der Waals surface area contributed by atoms with Crippen molar-refractivity contribution in [3.05, 3.63) is 78.0 Å². The zero-order chi connectivity index (χ0) is 22.0. The molecule has 0 aromatic heterocycles. The molecule has 3 rings (SSSR count). The second kappa shape index (κ2) is 11.7. The highest BCUT2D eigenvalue weighted by Crippen LogP contribution is 2.49. The number of hydrogen-bond donors (Lipinski definition) is 0. The molecular weight excluding hydrogens is 350 g/mol. The molecule has 0 N–H and O–H groups in total. The molecule has 1 aliphatic rings. The van der Waals surface area contributed by atoms with Crippen molar-refractivity contribution in [2.24, 2.45) is 5.92 Å². The van der Waals surface area contributed by atoms with E-state index in [0.29, 0.717) is 5.92 Å². The zero-order valence-corrected chi connectivity index (χ0v) is 20.1. The van der Waals surface area contributed by atoms with Gasteiger partial charge in [0, 0.05) is 23.8 Å². The maximum atomic E-state index is 2.34. The largest absolute Gasteiger partial charge is 0.347 e. The van der Waals surface area contributed by atoms with E-state index in [1.165, 1.54) is 27.7 Å². The SMILES string of the molecule is CC.CC.CC(C)C/C=C/C=C/C=C1/N(C)c2ccc3ccccc3c2C1(C)C. The van der Waals surface area contributed by atoms with Crippen molar-refractivity contribution >= 4 is 16.5 Å². The lowest BCUT2D eigenvalue weighted by Gasteiger charge is -2.24. The van der Waals surface area contributed by atoms with Crippen molar-refractivity contribution in [1.29, 1.82) is 0 Å². The molecule has 1 aliphatic heterocycles. The molecule has 0 saturated carbocycles. The van der Waals surface area contributed by atoms with Gasteiger partial charge in [-0.05, 0) is 40.8 Å². The molecule has 0 fully saturated rings. The Morgan fingerprint density at radius 3 is 2.21 bits per heavy atom. The van der Waals surface area contributed by atoms with Gasteiger partial charge in [0.1, 0.15) is 0 Å². The van der Waals surface area contributed by atoms with E-state index < -0.39 is 0 Å². The summed E-state index contributed by atoms with van der Waals surface area (Å²) >= 11 is 0. The molecule has 2 aromatic carbocycles. The number of rotatable bonds is 4. The van der Waals surface area contributed by atoms with E-state index in [1.807, 2.05) is 27.7 Å². The topological polar surface area (TPSA) is 3.24 Å². The predicted molar refractivity (Wildman–Crippen MR) is 134 cm³/mol. The number of allylic oxidation sites excluding steroid dienone is 6. The Hall–Kier alpha value is -2.28. The number of hydrogen-bond acceptors (Lipinski definition) is 1. The van der Waals surface area contributed by atoms with Gasteiger partial charge in [0.05, 0.1) is 0 Å². The van der Waals surface area contributed by atoms with E-state index in [9.17, 15) is 0 Å². The Bertz CT molecular complexity index is 850. The molecule has 0 atom stereocenters. The number of anilines is 1. The monoisotopic (exact) mass is 391 g/mol. The molecule has 1 heteroatoms. The first-order chi connectivity index (χ1) is 13.9. The van der Waals surface area contributed by atoms with Crippen LogP contribution in [-0.4, -0.2) is 7.05 Å². The van der Waals surface area contributed by atoms with E-state index in [4.69, 9.17) is 0 Å². The van der Waals surface area contributed by atoms with Gasteiger partial charge < -0.3 is 4.90 Å². The van der Waals surface area contributed by atoms with Gasteiger partial charge in [-0.15, -0.1) is 0 Å². The third-order valence-corrected chi connectivity index (χ3v) is 5.11. The third kappa shape index (κ3) is 5.63. The van der Waals surface area contributed by atoms with Crippen LogP contribution >= 0.6 is 0 Å². The summed E-state index contributed by atoms with van der Waals surface area (Å²) in [5.74, 6) is 0.714. The zero-order valence-electron chi connectivity index (χ0n) is 20.1. The predicted octanol–water partition coefficient (Wildman–Crippen LogP) is 8.66. The Balaban J connectivity index is 0.000000989. The summed E-state index contributed by atoms with van der Waals surface area (Å²) in [5, 5.41) is 2.68. The van der Waals surface area contributed by atoms with Gasteiger partial charge in [-0.2, -0.15) is 0 Å². The molecule has 0 amide bonds. The summed E-state index contributed by atoms with van der Waals surface area (Å²) in [5.41, 5.74) is 4.09. The highest BCUT2D eigenvalue weighted by atomic mass is 15.2. The minimum absolute atomic E-state index is 0.00304. The molecule has 0 unspecified atom stereocenters. The van der Waals surface area contributed by atoms with E-state index in [-0.39, 0.29) is 5.41 Å². The summed E-state index contributed by atoms with van der Waals surface area (Å²) in [4.78, 5) is 2.34. The van der Waals surface area contributed by atoms with Gasteiger partial charge >= 0.3 is 0 Å². The lowest BCUT2D eigenvalue weighted by Crippen LogP contribution is -2.22. The maximum Gasteiger partial charge on any atom is 0.0454 e. The van der Waals surface area contributed by atoms with Crippen LogP contribution in [0.1, 0.15) is 67.4 Å². The molecule has 29 heavy (non-hydrogen) atoms. The van der Waals surface area contributed by atoms with Crippen LogP contribution in [0.4, 0.5) is 5.69 Å². The number of nitrogens with zero attached hydrogens (tertiary/aromatic N) is 1. The summed E-state index contributed by atoms with van der Waals surface area (Å²) < 4.78 is 0. The van der Waals surface area contributed by atoms with Crippen LogP contribution in [0.15, 0.2) is 72.5 Å². The molecule has 0 spiro atoms. The van der Waals surface area contributed by atoms with Gasteiger partial charge in [-0.25, -0.2) is 0 Å². The number of fused-ring (bicyclic) bond motifs is 3. The van der Waals surface area contributed by atoms with Crippen LogP contribution in [0.5, 0.6) is 0 Å². The maximum absolute atomic E-state index is 2.34. The van der Waals surface area contributed by atoms with Crippen LogP contribution in [0, 0.1) is 5.92 Å². The highest BCUT2D eigenvalue weighted by Gasteiger charge is 2.39. The van der Waals surface area contributed by atoms with Gasteiger partial charge in [0.2, 0.25) is 0 Å². The van der Waals surface area contributed by atoms with Crippen LogP contribution in [0.25, 0.3) is 10.8 Å². The van der Waals surface area contributed by atoms with Gasteiger partial charge in [0.15, 0.2) is 0 Å². The Morgan fingerprint density at radius 1 is 0.897 bits per heavy atom. The Labute approximate surface area is 179 Å². The summed E-state index contributed by atoms with van der Waals surface area (Å²) in [6.07, 6.45) is 12.1. The van der Waals surface area contributed by atoms with E-state index in [0.717, 1.165) is 6.42 Å². The fourth-order valence-corrected chi connectivity index (χ4v) is 3.83. The van der Waals surface area contributed by atoms with Crippen LogP contribution < -0.4 is 4.90 Å². The van der Waals surface area contributed by atoms with Crippen LogP contribution in [0.3, 0.4) is 0 Å². The summed E-state index contributed by atoms with van der Waals surface area (Å²) in [7, 11) is 2.18. The number of benzene rings is 2. The van der Waals surface area contributed by atoms with Gasteiger partial charge in [0.25, 0.3) is 0 Å². The fraction of sp³-hybridized carbons (Fsp3) is 0.429. The molecule has 0 saturated heterocycles. The lowest BCUT2D eigenvalue weighted by molar-refractivity contribution is 0.645. The molecule has 0 bridgehead atoms. The van der Waals surface area contributed by atoms with Gasteiger partial charge in [-0.3, -0.25) is 0 Å². The van der Waals surface area contributed by atoms with E-state index in [2.05, 4.69) is 106 Å². The van der Waals surface area contributed by atoms with Crippen LogP contribution in [-0.2, 0) is 5.41 Å². The fourth-order valence-electron chi connectivity index (χ4n) is 3.83. The second-order valence-electron chi connectivity index (χ2n) is 7.86. The molecule has 1 nitrogen and oxygen atoms in total. The van der Waals surface area contributed by atoms with Crippen molar-refractivity contribution in [2.75, 3.05) is 11.9 Å².